The van der Waals surface area contributed by atoms with E-state index in [4.69, 9.17) is 10.00 Å². The number of ether oxygens (including phenoxy) is 1. The third-order valence-electron chi connectivity index (χ3n) is 4.60. The average molecular weight is 270 g/mol. The lowest BCUT2D eigenvalue weighted by Gasteiger charge is -2.15. The molecule has 2 aliphatic rings. The Morgan fingerprint density at radius 1 is 1.45 bits per heavy atom. The molecule has 1 N–H and O–H groups in total. The van der Waals surface area contributed by atoms with Crippen LogP contribution in [0, 0.1) is 16.7 Å². The van der Waals surface area contributed by atoms with Gasteiger partial charge in [0.15, 0.2) is 0 Å². The number of nitrogens with zero attached hydrogens (tertiary/aromatic N) is 1. The van der Waals surface area contributed by atoms with Crippen molar-refractivity contribution in [1.82, 2.24) is 5.32 Å². The zero-order valence-electron chi connectivity index (χ0n) is 12.1. The van der Waals surface area contributed by atoms with Gasteiger partial charge in [0, 0.05) is 17.9 Å². The van der Waals surface area contributed by atoms with E-state index in [2.05, 4.69) is 36.5 Å². The summed E-state index contributed by atoms with van der Waals surface area (Å²) in [6.07, 6.45) is 5.21. The first-order valence-electron chi connectivity index (χ1n) is 7.62. The van der Waals surface area contributed by atoms with Gasteiger partial charge in [-0.25, -0.2) is 0 Å². The van der Waals surface area contributed by atoms with Gasteiger partial charge in [0.25, 0.3) is 0 Å². The summed E-state index contributed by atoms with van der Waals surface area (Å²) in [5.41, 5.74) is 3.00. The van der Waals surface area contributed by atoms with Crippen molar-refractivity contribution in [3.8, 4) is 11.8 Å². The van der Waals surface area contributed by atoms with Gasteiger partial charge in [-0.2, -0.15) is 5.26 Å². The summed E-state index contributed by atoms with van der Waals surface area (Å²) in [5.74, 6) is 0.963. The Bertz CT molecular complexity index is 528. The van der Waals surface area contributed by atoms with Crippen molar-refractivity contribution >= 4 is 0 Å². The largest absolute Gasteiger partial charge is 0.493 e. The van der Waals surface area contributed by atoms with E-state index in [0.29, 0.717) is 19.1 Å². The minimum absolute atomic E-state index is 0.153. The van der Waals surface area contributed by atoms with Crippen LogP contribution in [0.15, 0.2) is 18.2 Å². The van der Waals surface area contributed by atoms with Crippen molar-refractivity contribution in [3.63, 3.8) is 0 Å². The highest BCUT2D eigenvalue weighted by Gasteiger charge is 2.43. The Hall–Kier alpha value is -1.53. The van der Waals surface area contributed by atoms with Crippen molar-refractivity contribution in [2.45, 2.75) is 45.1 Å². The number of nitriles is 1. The maximum Gasteiger partial charge on any atom is 0.119 e. The van der Waals surface area contributed by atoms with Crippen LogP contribution in [0.4, 0.5) is 0 Å². The Morgan fingerprint density at radius 2 is 2.30 bits per heavy atom. The van der Waals surface area contributed by atoms with Crippen LogP contribution in [-0.4, -0.2) is 13.2 Å². The summed E-state index contributed by atoms with van der Waals surface area (Å²) in [6, 6.07) is 9.26. The summed E-state index contributed by atoms with van der Waals surface area (Å²) in [6.45, 7) is 3.86. The third-order valence-corrected chi connectivity index (χ3v) is 4.60. The molecule has 0 amide bonds. The Balaban J connectivity index is 1.64. The first-order chi connectivity index (χ1) is 9.76. The Labute approximate surface area is 120 Å². The molecular formula is C17H22N2O. The predicted molar refractivity (Wildman–Crippen MR) is 78.6 cm³/mol. The fraction of sp³-hybridized carbons (Fsp3) is 0.588. The van der Waals surface area contributed by atoms with E-state index in [9.17, 15) is 0 Å². The minimum Gasteiger partial charge on any atom is -0.493 e. The number of fused-ring (bicyclic) bond motifs is 1. The van der Waals surface area contributed by atoms with E-state index in [1.54, 1.807) is 0 Å². The van der Waals surface area contributed by atoms with E-state index >= 15 is 0 Å². The lowest BCUT2D eigenvalue weighted by atomic mass is 10.1. The lowest BCUT2D eigenvalue weighted by Crippen LogP contribution is -2.18. The van der Waals surface area contributed by atoms with Crippen molar-refractivity contribution in [2.75, 3.05) is 13.2 Å². The van der Waals surface area contributed by atoms with E-state index in [1.807, 2.05) is 0 Å². The molecular weight excluding hydrogens is 248 g/mol. The zero-order valence-corrected chi connectivity index (χ0v) is 12.1. The molecule has 1 atom stereocenters. The summed E-state index contributed by atoms with van der Waals surface area (Å²) in [4.78, 5) is 0. The van der Waals surface area contributed by atoms with Crippen LogP contribution in [-0.2, 0) is 6.42 Å². The SMILES string of the molecule is CCNC1CCc2cc(OCC3(CC#N)CC3)ccc21. The molecule has 2 aliphatic carbocycles. The van der Waals surface area contributed by atoms with Gasteiger partial charge in [-0.1, -0.05) is 13.0 Å². The first-order valence-corrected chi connectivity index (χ1v) is 7.62. The molecule has 1 unspecified atom stereocenters. The smallest absolute Gasteiger partial charge is 0.119 e. The molecule has 3 rings (SSSR count). The van der Waals surface area contributed by atoms with Gasteiger partial charge < -0.3 is 10.1 Å². The van der Waals surface area contributed by atoms with Gasteiger partial charge in [0.1, 0.15) is 5.75 Å². The topological polar surface area (TPSA) is 45.0 Å². The second kappa shape index (κ2) is 5.46. The molecule has 1 fully saturated rings. The summed E-state index contributed by atoms with van der Waals surface area (Å²) in [7, 11) is 0. The van der Waals surface area contributed by atoms with Crippen molar-refractivity contribution in [1.29, 1.82) is 5.26 Å². The Morgan fingerprint density at radius 3 is 3.00 bits per heavy atom. The molecule has 0 saturated heterocycles. The molecule has 1 aromatic carbocycles. The predicted octanol–water partition coefficient (Wildman–Crippen LogP) is 3.36. The normalized spacial score (nSPS) is 22.1. The molecule has 1 saturated carbocycles. The van der Waals surface area contributed by atoms with E-state index in [1.165, 1.54) is 17.5 Å². The van der Waals surface area contributed by atoms with Crippen LogP contribution in [0.2, 0.25) is 0 Å². The number of hydrogen-bond donors (Lipinski definition) is 1. The third kappa shape index (κ3) is 2.66. The molecule has 0 spiro atoms. The van der Waals surface area contributed by atoms with Gasteiger partial charge in [0.2, 0.25) is 0 Å². The molecule has 3 nitrogen and oxygen atoms in total. The second-order valence-corrected chi connectivity index (χ2v) is 6.13. The van der Waals surface area contributed by atoms with Crippen LogP contribution < -0.4 is 10.1 Å². The van der Waals surface area contributed by atoms with E-state index < -0.39 is 0 Å². The average Bonchev–Trinajstić information content (AvgIpc) is 3.11. The molecule has 3 heteroatoms. The molecule has 0 radical (unpaired) electrons. The van der Waals surface area contributed by atoms with E-state index in [0.717, 1.165) is 31.6 Å². The van der Waals surface area contributed by atoms with E-state index in [-0.39, 0.29) is 5.41 Å². The van der Waals surface area contributed by atoms with Gasteiger partial charge in [-0.15, -0.1) is 0 Å². The monoisotopic (exact) mass is 270 g/mol. The van der Waals surface area contributed by atoms with Crippen LogP contribution in [0.1, 0.15) is 49.8 Å². The standard InChI is InChI=1S/C17H22N2O/c1-2-19-16-6-3-13-11-14(4-5-15(13)16)20-12-17(7-8-17)9-10-18/h4-5,11,16,19H,2-3,6-9,12H2,1H3. The highest BCUT2D eigenvalue weighted by Crippen LogP contribution is 2.48. The van der Waals surface area contributed by atoms with Crippen molar-refractivity contribution in [3.05, 3.63) is 29.3 Å². The Kier molecular flexibility index (Phi) is 3.67. The van der Waals surface area contributed by atoms with Crippen molar-refractivity contribution < 1.29 is 4.74 Å². The highest BCUT2D eigenvalue weighted by molar-refractivity contribution is 5.40. The molecule has 20 heavy (non-hydrogen) atoms. The summed E-state index contributed by atoms with van der Waals surface area (Å²) >= 11 is 0. The lowest BCUT2D eigenvalue weighted by molar-refractivity contribution is 0.236. The minimum atomic E-state index is 0.153. The van der Waals surface area contributed by atoms with Crippen LogP contribution in [0.3, 0.4) is 0 Å². The number of hydrogen-bond acceptors (Lipinski definition) is 3. The molecule has 0 bridgehead atoms. The second-order valence-electron chi connectivity index (χ2n) is 6.13. The molecule has 106 valence electrons. The molecule has 0 aliphatic heterocycles. The van der Waals surface area contributed by atoms with Gasteiger partial charge in [0.05, 0.1) is 12.7 Å². The van der Waals surface area contributed by atoms with Gasteiger partial charge >= 0.3 is 0 Å². The summed E-state index contributed by atoms with van der Waals surface area (Å²) < 4.78 is 5.93. The van der Waals surface area contributed by atoms with Gasteiger partial charge in [-0.3, -0.25) is 0 Å². The van der Waals surface area contributed by atoms with Crippen LogP contribution >= 0.6 is 0 Å². The fourth-order valence-electron chi connectivity index (χ4n) is 3.10. The summed E-state index contributed by atoms with van der Waals surface area (Å²) in [5, 5.41) is 12.4. The number of aryl methyl sites for hydroxylation is 1. The maximum absolute atomic E-state index is 8.83. The molecule has 0 aromatic heterocycles. The van der Waals surface area contributed by atoms with Crippen LogP contribution in [0.5, 0.6) is 5.75 Å². The first kappa shape index (κ1) is 13.5. The van der Waals surface area contributed by atoms with Crippen molar-refractivity contribution in [2.24, 2.45) is 5.41 Å². The number of rotatable bonds is 6. The van der Waals surface area contributed by atoms with Crippen LogP contribution in [0.25, 0.3) is 0 Å². The fourth-order valence-corrected chi connectivity index (χ4v) is 3.10. The number of benzene rings is 1. The zero-order chi connectivity index (χ0) is 14.0. The molecule has 0 heterocycles. The highest BCUT2D eigenvalue weighted by atomic mass is 16.5. The molecule has 1 aromatic rings. The maximum atomic E-state index is 8.83. The van der Waals surface area contributed by atoms with Gasteiger partial charge in [-0.05, 0) is 55.5 Å². The number of nitrogens with one attached hydrogen (secondary N) is 1. The quantitative estimate of drug-likeness (QED) is 0.862.